The number of hydrogen-bond acceptors (Lipinski definition) is 0. The Labute approximate surface area is 71.0 Å². The summed E-state index contributed by atoms with van der Waals surface area (Å²) in [5, 5.41) is 0. The van der Waals surface area contributed by atoms with Crippen LogP contribution >= 0.6 is 0 Å². The molecular formula is C11H20. The van der Waals surface area contributed by atoms with Crippen molar-refractivity contribution in [1.29, 1.82) is 0 Å². The van der Waals surface area contributed by atoms with E-state index in [-0.39, 0.29) is 0 Å². The van der Waals surface area contributed by atoms with Crippen molar-refractivity contribution in [2.75, 3.05) is 0 Å². The van der Waals surface area contributed by atoms with Crippen molar-refractivity contribution < 1.29 is 0 Å². The van der Waals surface area contributed by atoms with Gasteiger partial charge in [-0.15, -0.1) is 0 Å². The highest BCUT2D eigenvalue weighted by molar-refractivity contribution is 4.94. The van der Waals surface area contributed by atoms with Gasteiger partial charge in [0, 0.05) is 0 Å². The quantitative estimate of drug-likeness (QED) is 0.535. The summed E-state index contributed by atoms with van der Waals surface area (Å²) in [6.07, 6.45) is 9.19. The van der Waals surface area contributed by atoms with E-state index >= 15 is 0 Å². The molecule has 0 heteroatoms. The van der Waals surface area contributed by atoms with Gasteiger partial charge in [0.2, 0.25) is 0 Å². The molecule has 0 bridgehead atoms. The zero-order valence-electron chi connectivity index (χ0n) is 8.22. The van der Waals surface area contributed by atoms with Crippen molar-refractivity contribution in [1.82, 2.24) is 0 Å². The minimum atomic E-state index is 0.732. The lowest BCUT2D eigenvalue weighted by atomic mass is 10.0. The van der Waals surface area contributed by atoms with Crippen LogP contribution in [0.2, 0.25) is 0 Å². The van der Waals surface area contributed by atoms with Crippen LogP contribution in [0.3, 0.4) is 0 Å². The van der Waals surface area contributed by atoms with Crippen LogP contribution in [0.25, 0.3) is 0 Å². The van der Waals surface area contributed by atoms with Crippen molar-refractivity contribution in [3.8, 4) is 0 Å². The monoisotopic (exact) mass is 152 g/mol. The van der Waals surface area contributed by atoms with Crippen LogP contribution in [0.1, 0.15) is 40.5 Å². The summed E-state index contributed by atoms with van der Waals surface area (Å²) in [7, 11) is 0. The Morgan fingerprint density at radius 1 is 1.36 bits per heavy atom. The third kappa shape index (κ3) is 7.38. The van der Waals surface area contributed by atoms with Crippen LogP contribution in [0.4, 0.5) is 0 Å². The molecule has 0 nitrogen and oxygen atoms in total. The topological polar surface area (TPSA) is 0 Å². The van der Waals surface area contributed by atoms with Crippen molar-refractivity contribution >= 4 is 0 Å². The van der Waals surface area contributed by atoms with Gasteiger partial charge in [0.1, 0.15) is 0 Å². The van der Waals surface area contributed by atoms with Crippen molar-refractivity contribution in [3.63, 3.8) is 0 Å². The lowest BCUT2D eigenvalue weighted by Gasteiger charge is -2.02. The van der Waals surface area contributed by atoms with E-state index in [2.05, 4.69) is 45.9 Å². The third-order valence-electron chi connectivity index (χ3n) is 1.70. The predicted octanol–water partition coefficient (Wildman–Crippen LogP) is 3.95. The number of allylic oxidation sites excluding steroid dienone is 4. The molecule has 0 aliphatic heterocycles. The molecule has 0 fully saturated rings. The minimum Gasteiger partial charge on any atom is -0.0914 e. The summed E-state index contributed by atoms with van der Waals surface area (Å²) in [6.45, 7) is 8.65. The van der Waals surface area contributed by atoms with Gasteiger partial charge in [0.05, 0.1) is 0 Å². The van der Waals surface area contributed by atoms with Gasteiger partial charge in [0.25, 0.3) is 0 Å². The van der Waals surface area contributed by atoms with E-state index < -0.39 is 0 Å². The van der Waals surface area contributed by atoms with Crippen molar-refractivity contribution in [3.05, 3.63) is 23.8 Å². The molecule has 0 heterocycles. The smallest absolute Gasteiger partial charge is 0.0259 e. The van der Waals surface area contributed by atoms with Gasteiger partial charge in [-0.05, 0) is 39.5 Å². The molecule has 0 aliphatic carbocycles. The van der Waals surface area contributed by atoms with Gasteiger partial charge < -0.3 is 0 Å². The van der Waals surface area contributed by atoms with E-state index in [1.165, 1.54) is 18.4 Å². The second-order valence-electron chi connectivity index (χ2n) is 3.36. The molecule has 0 aromatic carbocycles. The second kappa shape index (κ2) is 6.21. The Morgan fingerprint density at radius 3 is 2.45 bits per heavy atom. The highest BCUT2D eigenvalue weighted by Gasteiger charge is 1.93. The Morgan fingerprint density at radius 2 is 2.00 bits per heavy atom. The maximum Gasteiger partial charge on any atom is -0.0259 e. The van der Waals surface area contributed by atoms with Crippen molar-refractivity contribution in [2.24, 2.45) is 5.92 Å². The highest BCUT2D eigenvalue weighted by atomic mass is 14.0. The van der Waals surface area contributed by atoms with Crippen LogP contribution in [0, 0.1) is 5.92 Å². The molecule has 0 saturated heterocycles. The van der Waals surface area contributed by atoms with E-state index in [0.717, 1.165) is 5.92 Å². The molecule has 0 radical (unpaired) electrons. The van der Waals surface area contributed by atoms with Crippen LogP contribution < -0.4 is 0 Å². The van der Waals surface area contributed by atoms with Gasteiger partial charge in [-0.3, -0.25) is 0 Å². The van der Waals surface area contributed by atoms with Crippen molar-refractivity contribution in [2.45, 2.75) is 40.5 Å². The predicted molar refractivity (Wildman–Crippen MR) is 52.6 cm³/mol. The number of hydrogen-bond donors (Lipinski definition) is 0. The molecule has 0 saturated carbocycles. The van der Waals surface area contributed by atoms with Gasteiger partial charge >= 0.3 is 0 Å². The molecule has 0 rings (SSSR count). The van der Waals surface area contributed by atoms with E-state index in [1.54, 1.807) is 0 Å². The molecule has 0 N–H and O–H groups in total. The molecule has 0 spiro atoms. The Kier molecular flexibility index (Phi) is 5.91. The van der Waals surface area contributed by atoms with Crippen LogP contribution in [0.15, 0.2) is 23.8 Å². The van der Waals surface area contributed by atoms with E-state index in [9.17, 15) is 0 Å². The first-order chi connectivity index (χ1) is 5.16. The van der Waals surface area contributed by atoms with E-state index in [0.29, 0.717) is 0 Å². The first-order valence-corrected chi connectivity index (χ1v) is 4.43. The second-order valence-corrected chi connectivity index (χ2v) is 3.36. The van der Waals surface area contributed by atoms with Crippen LogP contribution in [-0.2, 0) is 0 Å². The Balaban J connectivity index is 3.46. The largest absolute Gasteiger partial charge is 0.0914 e. The molecule has 0 aliphatic rings. The molecule has 0 aromatic rings. The fraction of sp³-hybridized carbons (Fsp3) is 0.636. The number of rotatable bonds is 4. The lowest BCUT2D eigenvalue weighted by molar-refractivity contribution is 0.655. The maximum absolute atomic E-state index is 2.31. The molecule has 0 aromatic heterocycles. The zero-order valence-corrected chi connectivity index (χ0v) is 8.22. The van der Waals surface area contributed by atoms with Gasteiger partial charge in [-0.25, -0.2) is 0 Å². The molecule has 64 valence electrons. The van der Waals surface area contributed by atoms with Gasteiger partial charge in [-0.1, -0.05) is 30.7 Å². The lowest BCUT2D eigenvalue weighted by Crippen LogP contribution is -1.87. The van der Waals surface area contributed by atoms with Crippen LogP contribution in [0.5, 0.6) is 0 Å². The van der Waals surface area contributed by atoms with E-state index in [1.807, 2.05) is 0 Å². The first-order valence-electron chi connectivity index (χ1n) is 4.43. The standard InChI is InChI=1S/C11H20/c1-5-7-11(4)9-6-8-10(2)3/h5,7-8,11H,6,9H2,1-4H3. The van der Waals surface area contributed by atoms with Gasteiger partial charge in [0.15, 0.2) is 0 Å². The minimum absolute atomic E-state index is 0.732. The molecule has 1 unspecified atom stereocenters. The average molecular weight is 152 g/mol. The summed E-state index contributed by atoms with van der Waals surface area (Å²) in [4.78, 5) is 0. The van der Waals surface area contributed by atoms with E-state index in [4.69, 9.17) is 0 Å². The summed E-state index contributed by atoms with van der Waals surface area (Å²) in [5.74, 6) is 0.732. The van der Waals surface area contributed by atoms with Gasteiger partial charge in [-0.2, -0.15) is 0 Å². The summed E-state index contributed by atoms with van der Waals surface area (Å²) < 4.78 is 0. The molecule has 1 atom stereocenters. The average Bonchev–Trinajstić information content (AvgIpc) is 1.87. The fourth-order valence-electron chi connectivity index (χ4n) is 1.06. The Hall–Kier alpha value is -0.520. The SMILES string of the molecule is CC=CC(C)CCC=C(C)C. The normalized spacial score (nSPS) is 13.5. The Bertz CT molecular complexity index is 136. The molecule has 11 heavy (non-hydrogen) atoms. The fourth-order valence-corrected chi connectivity index (χ4v) is 1.06. The molecular weight excluding hydrogens is 132 g/mol. The summed E-state index contributed by atoms with van der Waals surface area (Å²) in [6, 6.07) is 0. The maximum atomic E-state index is 2.31. The highest BCUT2D eigenvalue weighted by Crippen LogP contribution is 2.08. The third-order valence-corrected chi connectivity index (χ3v) is 1.70. The summed E-state index contributed by atoms with van der Waals surface area (Å²) in [5.41, 5.74) is 1.43. The molecule has 0 amide bonds. The first kappa shape index (κ1) is 10.5. The van der Waals surface area contributed by atoms with Crippen LogP contribution in [-0.4, -0.2) is 0 Å². The summed E-state index contributed by atoms with van der Waals surface area (Å²) >= 11 is 0. The zero-order chi connectivity index (χ0) is 8.69.